The van der Waals surface area contributed by atoms with Gasteiger partial charge in [0.15, 0.2) is 0 Å². The predicted molar refractivity (Wildman–Crippen MR) is 77.4 cm³/mol. The summed E-state index contributed by atoms with van der Waals surface area (Å²) >= 11 is 0. The Kier molecular flexibility index (Phi) is 7.48. The van der Waals surface area contributed by atoms with Crippen molar-refractivity contribution in [3.05, 3.63) is 0 Å². The van der Waals surface area contributed by atoms with Crippen molar-refractivity contribution in [2.24, 2.45) is 17.6 Å². The summed E-state index contributed by atoms with van der Waals surface area (Å²) in [5, 5.41) is 0. The lowest BCUT2D eigenvalue weighted by molar-refractivity contribution is -0.148. The van der Waals surface area contributed by atoms with Crippen LogP contribution < -0.4 is 5.73 Å². The Hall–Kier alpha value is -0.650. The third-order valence-corrected chi connectivity index (χ3v) is 3.87. The van der Waals surface area contributed by atoms with E-state index in [0.717, 1.165) is 25.9 Å². The van der Waals surface area contributed by atoms with Gasteiger partial charge in [-0.05, 0) is 31.1 Å². The first kappa shape index (κ1) is 17.4. The van der Waals surface area contributed by atoms with Gasteiger partial charge in [-0.25, -0.2) is 0 Å². The van der Waals surface area contributed by atoms with Crippen molar-refractivity contribution in [1.82, 2.24) is 0 Å². The van der Waals surface area contributed by atoms with Crippen molar-refractivity contribution in [3.8, 4) is 0 Å². The fraction of sp³-hybridized carbons (Fsp3) is 0.933. The molecule has 2 unspecified atom stereocenters. The highest BCUT2D eigenvalue weighted by atomic mass is 16.5. The summed E-state index contributed by atoms with van der Waals surface area (Å²) in [6.45, 7) is 6.83. The number of hydrogen-bond donors (Lipinski definition) is 1. The van der Waals surface area contributed by atoms with Crippen LogP contribution in [0.2, 0.25) is 0 Å². The molecule has 1 rings (SSSR count). The number of methoxy groups -OCH3 is 1. The standard InChI is InChI=1S/C15H29NO4/c1-12(2)11-20-10-9-19-8-6-13-5-4-7-15(13,16)14(17)18-3/h12-13H,4-11,16H2,1-3H3. The zero-order valence-electron chi connectivity index (χ0n) is 13.0. The lowest BCUT2D eigenvalue weighted by Crippen LogP contribution is -2.51. The summed E-state index contributed by atoms with van der Waals surface area (Å²) in [7, 11) is 1.40. The smallest absolute Gasteiger partial charge is 0.326 e. The maximum Gasteiger partial charge on any atom is 0.326 e. The van der Waals surface area contributed by atoms with E-state index in [0.29, 0.717) is 32.2 Å². The van der Waals surface area contributed by atoms with Crippen molar-refractivity contribution < 1.29 is 19.0 Å². The van der Waals surface area contributed by atoms with E-state index >= 15 is 0 Å². The zero-order chi connectivity index (χ0) is 15.0. The van der Waals surface area contributed by atoms with Crippen LogP contribution in [0, 0.1) is 11.8 Å². The van der Waals surface area contributed by atoms with E-state index in [9.17, 15) is 4.79 Å². The maximum atomic E-state index is 11.8. The van der Waals surface area contributed by atoms with Crippen LogP contribution in [0.1, 0.15) is 39.5 Å². The van der Waals surface area contributed by atoms with Crippen molar-refractivity contribution in [3.63, 3.8) is 0 Å². The highest BCUT2D eigenvalue weighted by molar-refractivity contribution is 5.81. The van der Waals surface area contributed by atoms with E-state index in [4.69, 9.17) is 19.9 Å². The van der Waals surface area contributed by atoms with E-state index in [1.807, 2.05) is 0 Å². The molecule has 0 aromatic heterocycles. The van der Waals surface area contributed by atoms with Gasteiger partial charge in [0.2, 0.25) is 0 Å². The number of esters is 1. The third kappa shape index (κ3) is 5.04. The van der Waals surface area contributed by atoms with E-state index in [1.165, 1.54) is 7.11 Å². The van der Waals surface area contributed by atoms with E-state index in [2.05, 4.69) is 13.8 Å². The molecule has 2 N–H and O–H groups in total. The fourth-order valence-corrected chi connectivity index (χ4v) is 2.73. The normalized spacial score (nSPS) is 26.1. The summed E-state index contributed by atoms with van der Waals surface area (Å²) in [4.78, 5) is 11.8. The second-order valence-electron chi connectivity index (χ2n) is 5.99. The molecule has 1 aliphatic rings. The van der Waals surface area contributed by atoms with Crippen LogP contribution in [-0.4, -0.2) is 45.0 Å². The van der Waals surface area contributed by atoms with Crippen LogP contribution in [0.15, 0.2) is 0 Å². The number of rotatable bonds is 9. The third-order valence-electron chi connectivity index (χ3n) is 3.87. The van der Waals surface area contributed by atoms with Gasteiger partial charge in [0, 0.05) is 13.2 Å². The Morgan fingerprint density at radius 1 is 1.30 bits per heavy atom. The minimum atomic E-state index is -0.813. The summed E-state index contributed by atoms with van der Waals surface area (Å²) < 4.78 is 15.8. The molecule has 0 heterocycles. The molecule has 0 aliphatic heterocycles. The minimum absolute atomic E-state index is 0.159. The highest BCUT2D eigenvalue weighted by Gasteiger charge is 2.46. The van der Waals surface area contributed by atoms with Gasteiger partial charge in [-0.15, -0.1) is 0 Å². The predicted octanol–water partition coefficient (Wildman–Crippen LogP) is 1.74. The van der Waals surface area contributed by atoms with Crippen LogP contribution >= 0.6 is 0 Å². The molecular weight excluding hydrogens is 258 g/mol. The Balaban J connectivity index is 2.16. The van der Waals surface area contributed by atoms with Crippen LogP contribution in [0.4, 0.5) is 0 Å². The van der Waals surface area contributed by atoms with Crippen LogP contribution in [0.3, 0.4) is 0 Å². The van der Waals surface area contributed by atoms with Crippen molar-refractivity contribution in [2.75, 3.05) is 33.5 Å². The van der Waals surface area contributed by atoms with E-state index < -0.39 is 5.54 Å². The maximum absolute atomic E-state index is 11.8. The van der Waals surface area contributed by atoms with Gasteiger partial charge in [0.05, 0.1) is 20.3 Å². The molecule has 0 aromatic rings. The summed E-state index contributed by atoms with van der Waals surface area (Å²) in [5.74, 6) is 0.415. The molecular formula is C15H29NO4. The molecule has 0 aromatic carbocycles. The molecule has 0 saturated heterocycles. The highest BCUT2D eigenvalue weighted by Crippen LogP contribution is 2.36. The molecule has 2 atom stereocenters. The Bertz CT molecular complexity index is 296. The van der Waals surface area contributed by atoms with Crippen LogP contribution in [0.5, 0.6) is 0 Å². The van der Waals surface area contributed by atoms with Crippen LogP contribution in [-0.2, 0) is 19.0 Å². The molecule has 1 aliphatic carbocycles. The first-order valence-electron chi connectivity index (χ1n) is 7.53. The SMILES string of the molecule is COC(=O)C1(N)CCCC1CCOCCOCC(C)C. The molecule has 1 fully saturated rings. The van der Waals surface area contributed by atoms with Crippen molar-refractivity contribution in [2.45, 2.75) is 45.1 Å². The minimum Gasteiger partial charge on any atom is -0.468 e. The molecule has 20 heavy (non-hydrogen) atoms. The average Bonchev–Trinajstić information content (AvgIpc) is 2.79. The summed E-state index contributed by atoms with van der Waals surface area (Å²) in [5.41, 5.74) is 5.39. The Morgan fingerprint density at radius 2 is 2.00 bits per heavy atom. The summed E-state index contributed by atoms with van der Waals surface area (Å²) in [6, 6.07) is 0. The molecule has 0 radical (unpaired) electrons. The summed E-state index contributed by atoms with van der Waals surface area (Å²) in [6.07, 6.45) is 3.46. The van der Waals surface area contributed by atoms with Gasteiger partial charge in [0.25, 0.3) is 0 Å². The first-order chi connectivity index (χ1) is 9.50. The number of hydrogen-bond acceptors (Lipinski definition) is 5. The second-order valence-corrected chi connectivity index (χ2v) is 5.99. The average molecular weight is 287 g/mol. The van der Waals surface area contributed by atoms with Gasteiger partial charge in [-0.3, -0.25) is 4.79 Å². The van der Waals surface area contributed by atoms with Gasteiger partial charge >= 0.3 is 5.97 Å². The molecule has 1 saturated carbocycles. The van der Waals surface area contributed by atoms with Crippen molar-refractivity contribution >= 4 is 5.97 Å². The quantitative estimate of drug-likeness (QED) is 0.516. The van der Waals surface area contributed by atoms with Gasteiger partial charge in [-0.1, -0.05) is 20.3 Å². The van der Waals surface area contributed by atoms with Crippen LogP contribution in [0.25, 0.3) is 0 Å². The zero-order valence-corrected chi connectivity index (χ0v) is 13.0. The monoisotopic (exact) mass is 287 g/mol. The van der Waals surface area contributed by atoms with E-state index in [-0.39, 0.29) is 11.9 Å². The topological polar surface area (TPSA) is 70.8 Å². The number of nitrogens with two attached hydrogens (primary N) is 1. The van der Waals surface area contributed by atoms with Gasteiger partial charge < -0.3 is 19.9 Å². The number of carbonyl (C=O) groups is 1. The molecule has 5 nitrogen and oxygen atoms in total. The lowest BCUT2D eigenvalue weighted by Gasteiger charge is -2.28. The Labute approximate surface area is 122 Å². The molecule has 0 spiro atoms. The van der Waals surface area contributed by atoms with Gasteiger partial charge in [-0.2, -0.15) is 0 Å². The largest absolute Gasteiger partial charge is 0.468 e. The fourth-order valence-electron chi connectivity index (χ4n) is 2.73. The second kappa shape index (κ2) is 8.60. The Morgan fingerprint density at radius 3 is 2.65 bits per heavy atom. The molecule has 5 heteroatoms. The molecule has 0 bridgehead atoms. The van der Waals surface area contributed by atoms with Gasteiger partial charge in [0.1, 0.15) is 5.54 Å². The van der Waals surface area contributed by atoms with E-state index in [1.54, 1.807) is 0 Å². The molecule has 118 valence electrons. The number of ether oxygens (including phenoxy) is 3. The molecule has 0 amide bonds. The van der Waals surface area contributed by atoms with Crippen molar-refractivity contribution in [1.29, 1.82) is 0 Å². The number of carbonyl (C=O) groups excluding carboxylic acids is 1. The lowest BCUT2D eigenvalue weighted by atomic mass is 9.86. The first-order valence-corrected chi connectivity index (χ1v) is 7.53.